The molecule has 1 heteroatoms. The maximum absolute atomic E-state index is 3.73. The van der Waals surface area contributed by atoms with Crippen molar-refractivity contribution in [3.05, 3.63) is 84.7 Å². The summed E-state index contributed by atoms with van der Waals surface area (Å²) < 4.78 is 0. The Hall–Kier alpha value is -2.02. The van der Waals surface area contributed by atoms with Crippen molar-refractivity contribution in [1.82, 2.24) is 5.32 Å². The number of nitrogens with one attached hydrogen (secondary N) is 1. The van der Waals surface area contributed by atoms with Crippen LogP contribution >= 0.6 is 0 Å². The lowest BCUT2D eigenvalue weighted by Gasteiger charge is -2.06. The van der Waals surface area contributed by atoms with Crippen molar-refractivity contribution >= 4 is 0 Å². The van der Waals surface area contributed by atoms with Gasteiger partial charge in [0.15, 0.2) is 0 Å². The van der Waals surface area contributed by atoms with Crippen LogP contribution in [0.25, 0.3) is 0 Å². The topological polar surface area (TPSA) is 12.0 Å². The lowest BCUT2D eigenvalue weighted by atomic mass is 10.1. The molecule has 0 aliphatic rings. The summed E-state index contributed by atoms with van der Waals surface area (Å²) >= 11 is 0. The van der Waals surface area contributed by atoms with Crippen LogP contribution in [0.3, 0.4) is 0 Å². The van der Waals surface area contributed by atoms with Crippen LogP contribution in [0, 0.1) is 0 Å². The highest BCUT2D eigenvalue weighted by atomic mass is 14.8. The number of allylic oxidation sites excluding steroid dienone is 11. The Labute approximate surface area is 111 Å². The van der Waals surface area contributed by atoms with Gasteiger partial charge < -0.3 is 5.32 Å². The minimum absolute atomic E-state index is 1.06. The van der Waals surface area contributed by atoms with Gasteiger partial charge in [0.1, 0.15) is 0 Å². The molecule has 0 atom stereocenters. The molecule has 1 nitrogen and oxygen atoms in total. The molecule has 0 amide bonds. The van der Waals surface area contributed by atoms with Gasteiger partial charge in [-0.25, -0.2) is 0 Å². The quantitative estimate of drug-likeness (QED) is 0.649. The van der Waals surface area contributed by atoms with Gasteiger partial charge in [0.2, 0.25) is 0 Å². The first-order valence-electron chi connectivity index (χ1n) is 6.10. The summed E-state index contributed by atoms with van der Waals surface area (Å²) in [5.41, 5.74) is 2.17. The second-order valence-corrected chi connectivity index (χ2v) is 3.48. The Kier molecular flexibility index (Phi) is 10.2. The van der Waals surface area contributed by atoms with Crippen molar-refractivity contribution in [2.75, 3.05) is 7.05 Å². The predicted octanol–water partition coefficient (Wildman–Crippen LogP) is 4.47. The average Bonchev–Trinajstić information content (AvgIpc) is 2.38. The lowest BCUT2D eigenvalue weighted by Crippen LogP contribution is -2.07. The van der Waals surface area contributed by atoms with Crippen LogP contribution in [0.4, 0.5) is 0 Å². The Balaban J connectivity index is 4.84. The lowest BCUT2D eigenvalue weighted by molar-refractivity contribution is 1.01. The molecule has 0 aliphatic carbocycles. The fourth-order valence-corrected chi connectivity index (χ4v) is 1.32. The Morgan fingerprint density at radius 1 is 0.889 bits per heavy atom. The van der Waals surface area contributed by atoms with Crippen LogP contribution in [0.5, 0.6) is 0 Å². The van der Waals surface area contributed by atoms with Gasteiger partial charge in [-0.1, -0.05) is 67.3 Å². The molecule has 0 rings (SSSR count). The SMILES string of the molecule is C=C/C=C(\C=C/C)C(=C/C=C\C=C/C=C/C)/NC. The van der Waals surface area contributed by atoms with E-state index in [0.717, 1.165) is 11.3 Å². The predicted molar refractivity (Wildman–Crippen MR) is 83.3 cm³/mol. The minimum Gasteiger partial charge on any atom is -0.388 e. The van der Waals surface area contributed by atoms with Crippen LogP contribution in [-0.2, 0) is 0 Å². The smallest absolute Gasteiger partial charge is 0.0411 e. The maximum Gasteiger partial charge on any atom is 0.0411 e. The van der Waals surface area contributed by atoms with Crippen LogP contribution in [0.2, 0.25) is 0 Å². The summed E-state index contributed by atoms with van der Waals surface area (Å²) in [4.78, 5) is 0. The highest BCUT2D eigenvalue weighted by Crippen LogP contribution is 2.09. The van der Waals surface area contributed by atoms with Crippen molar-refractivity contribution in [3.63, 3.8) is 0 Å². The van der Waals surface area contributed by atoms with Crippen molar-refractivity contribution < 1.29 is 0 Å². The zero-order valence-electron chi connectivity index (χ0n) is 11.6. The first-order valence-corrected chi connectivity index (χ1v) is 6.10. The molecule has 0 aromatic rings. The minimum atomic E-state index is 1.06. The van der Waals surface area contributed by atoms with E-state index in [2.05, 4.69) is 11.9 Å². The molecular weight excluding hydrogens is 218 g/mol. The van der Waals surface area contributed by atoms with E-state index in [1.807, 2.05) is 81.7 Å². The maximum atomic E-state index is 3.73. The highest BCUT2D eigenvalue weighted by Gasteiger charge is 1.95. The van der Waals surface area contributed by atoms with Crippen molar-refractivity contribution in [2.24, 2.45) is 0 Å². The van der Waals surface area contributed by atoms with Crippen molar-refractivity contribution in [3.8, 4) is 0 Å². The highest BCUT2D eigenvalue weighted by molar-refractivity contribution is 5.42. The molecule has 0 aromatic heterocycles. The average molecular weight is 241 g/mol. The molecule has 1 N–H and O–H groups in total. The molecule has 0 fully saturated rings. The van der Waals surface area contributed by atoms with E-state index in [9.17, 15) is 0 Å². The van der Waals surface area contributed by atoms with Gasteiger partial charge in [-0.2, -0.15) is 0 Å². The van der Waals surface area contributed by atoms with E-state index >= 15 is 0 Å². The van der Waals surface area contributed by atoms with Crippen LogP contribution in [0.1, 0.15) is 13.8 Å². The van der Waals surface area contributed by atoms with Gasteiger partial charge in [0.05, 0.1) is 0 Å². The van der Waals surface area contributed by atoms with Crippen molar-refractivity contribution in [2.45, 2.75) is 13.8 Å². The molecule has 0 radical (unpaired) electrons. The number of hydrogen-bond acceptors (Lipinski definition) is 1. The van der Waals surface area contributed by atoms with E-state index in [4.69, 9.17) is 0 Å². The van der Waals surface area contributed by atoms with E-state index in [1.165, 1.54) is 0 Å². The molecule has 0 aliphatic heterocycles. The molecule has 18 heavy (non-hydrogen) atoms. The molecule has 0 saturated heterocycles. The van der Waals surface area contributed by atoms with E-state index in [-0.39, 0.29) is 0 Å². The Morgan fingerprint density at radius 2 is 1.56 bits per heavy atom. The largest absolute Gasteiger partial charge is 0.388 e. The fraction of sp³-hybridized carbons (Fsp3) is 0.176. The monoisotopic (exact) mass is 241 g/mol. The normalized spacial score (nSPS) is 14.4. The summed E-state index contributed by atoms with van der Waals surface area (Å²) in [5.74, 6) is 0. The molecule has 0 saturated carbocycles. The summed E-state index contributed by atoms with van der Waals surface area (Å²) in [6.45, 7) is 7.72. The fourth-order valence-electron chi connectivity index (χ4n) is 1.32. The van der Waals surface area contributed by atoms with Gasteiger partial charge in [-0.3, -0.25) is 0 Å². The zero-order chi connectivity index (χ0) is 13.6. The zero-order valence-corrected chi connectivity index (χ0v) is 11.6. The number of likely N-dealkylation sites (N-methyl/N-ethyl adjacent to an activating group) is 1. The molecular formula is C17H23N. The molecule has 0 spiro atoms. The van der Waals surface area contributed by atoms with Crippen LogP contribution in [-0.4, -0.2) is 7.05 Å². The standard InChI is InChI=1S/C17H23N/c1-5-8-9-10-11-12-15-17(18-4)16(13-6-2)14-7-3/h5-15,18H,2H2,1,3-4H3/b8-5+,10-9-,12-11-,14-7-,16-13+,17-15-. The molecule has 96 valence electrons. The first-order chi connectivity index (χ1) is 8.79. The summed E-state index contributed by atoms with van der Waals surface area (Å²) in [7, 11) is 1.91. The Bertz CT molecular complexity index is 401. The van der Waals surface area contributed by atoms with E-state index in [1.54, 1.807) is 6.08 Å². The van der Waals surface area contributed by atoms with Gasteiger partial charge in [-0.05, 0) is 25.5 Å². The van der Waals surface area contributed by atoms with E-state index < -0.39 is 0 Å². The van der Waals surface area contributed by atoms with Gasteiger partial charge in [0, 0.05) is 12.7 Å². The number of hydrogen-bond donors (Lipinski definition) is 1. The van der Waals surface area contributed by atoms with Crippen molar-refractivity contribution in [1.29, 1.82) is 0 Å². The second-order valence-electron chi connectivity index (χ2n) is 3.48. The second kappa shape index (κ2) is 11.5. The first kappa shape index (κ1) is 16.0. The third-order valence-electron chi connectivity index (χ3n) is 2.12. The van der Waals surface area contributed by atoms with Gasteiger partial charge in [-0.15, -0.1) is 0 Å². The summed E-state index contributed by atoms with van der Waals surface area (Å²) in [5, 5.41) is 3.18. The van der Waals surface area contributed by atoms with Crippen LogP contribution in [0.15, 0.2) is 84.7 Å². The summed E-state index contributed by atoms with van der Waals surface area (Å²) in [6, 6.07) is 0. The third-order valence-corrected chi connectivity index (χ3v) is 2.12. The molecule has 0 aromatic carbocycles. The summed E-state index contributed by atoms with van der Waals surface area (Å²) in [6.07, 6.45) is 21.9. The molecule has 0 bridgehead atoms. The molecule has 0 unspecified atom stereocenters. The van der Waals surface area contributed by atoms with Gasteiger partial charge in [0.25, 0.3) is 0 Å². The van der Waals surface area contributed by atoms with Gasteiger partial charge >= 0.3 is 0 Å². The Morgan fingerprint density at radius 3 is 2.11 bits per heavy atom. The van der Waals surface area contributed by atoms with Crippen LogP contribution < -0.4 is 5.32 Å². The molecule has 0 heterocycles. The van der Waals surface area contributed by atoms with E-state index in [0.29, 0.717) is 0 Å². The number of rotatable bonds is 7. The third kappa shape index (κ3) is 7.29.